The minimum Gasteiger partial charge on any atom is -0.444 e. The second-order valence-electron chi connectivity index (χ2n) is 6.57. The molecule has 1 aliphatic rings. The van der Waals surface area contributed by atoms with Gasteiger partial charge in [-0.1, -0.05) is 46.3 Å². The van der Waals surface area contributed by atoms with Gasteiger partial charge in [-0.2, -0.15) is 0 Å². The normalized spacial score (nSPS) is 16.9. The third-order valence-corrected chi connectivity index (χ3v) is 4.47. The molecule has 126 valence electrons. The molecule has 1 aromatic carbocycles. The van der Waals surface area contributed by atoms with E-state index in [-0.39, 0.29) is 16.8 Å². The molecule has 1 atom stereocenters. The number of amides is 2. The van der Waals surface area contributed by atoms with Gasteiger partial charge in [-0.25, -0.2) is 4.79 Å². The van der Waals surface area contributed by atoms with E-state index in [4.69, 9.17) is 4.74 Å². The Morgan fingerprint density at radius 1 is 1.04 bits per heavy atom. The number of hydrogen-bond donors (Lipinski definition) is 0. The number of carbonyl (C=O) groups is 2. The van der Waals surface area contributed by atoms with Gasteiger partial charge in [-0.15, -0.1) is 0 Å². The summed E-state index contributed by atoms with van der Waals surface area (Å²) in [6, 6.07) is 9.60. The number of benzene rings is 1. The average molecular weight is 383 g/mol. The molecule has 23 heavy (non-hydrogen) atoms. The Balaban J connectivity index is 1.89. The van der Waals surface area contributed by atoms with Gasteiger partial charge in [0.25, 0.3) is 0 Å². The maximum absolute atomic E-state index is 12.5. The summed E-state index contributed by atoms with van der Waals surface area (Å²) in [4.78, 5) is 27.7. The van der Waals surface area contributed by atoms with Crippen LogP contribution >= 0.6 is 15.9 Å². The number of halogens is 1. The van der Waals surface area contributed by atoms with Crippen molar-refractivity contribution in [1.82, 2.24) is 9.80 Å². The molecule has 0 radical (unpaired) electrons. The lowest BCUT2D eigenvalue weighted by atomic mass is 10.1. The third-order valence-electron chi connectivity index (χ3n) is 3.55. The summed E-state index contributed by atoms with van der Waals surface area (Å²) in [5.41, 5.74) is 0.435. The van der Waals surface area contributed by atoms with E-state index in [1.54, 1.807) is 9.80 Å². The quantitative estimate of drug-likeness (QED) is 0.737. The first-order chi connectivity index (χ1) is 10.8. The Kier molecular flexibility index (Phi) is 5.68. The first-order valence-corrected chi connectivity index (χ1v) is 8.65. The monoisotopic (exact) mass is 382 g/mol. The Morgan fingerprint density at radius 3 is 2.09 bits per heavy atom. The number of hydrogen-bond acceptors (Lipinski definition) is 3. The van der Waals surface area contributed by atoms with Crippen molar-refractivity contribution in [3.63, 3.8) is 0 Å². The molecule has 1 saturated heterocycles. The first-order valence-electron chi connectivity index (χ1n) is 7.73. The van der Waals surface area contributed by atoms with Crippen LogP contribution in [-0.2, 0) is 9.53 Å². The van der Waals surface area contributed by atoms with Crippen molar-refractivity contribution in [2.24, 2.45) is 0 Å². The SMILES string of the molecule is CC(C)(C)OC(=O)N1CCN(C(=O)C(Br)c2ccccc2)CC1. The van der Waals surface area contributed by atoms with Gasteiger partial charge >= 0.3 is 6.09 Å². The molecule has 0 bridgehead atoms. The second-order valence-corrected chi connectivity index (χ2v) is 7.48. The van der Waals surface area contributed by atoms with Crippen molar-refractivity contribution < 1.29 is 14.3 Å². The molecular formula is C17H23BrN2O3. The fraction of sp³-hybridized carbons (Fsp3) is 0.529. The predicted octanol–water partition coefficient (Wildman–Crippen LogP) is 3.20. The summed E-state index contributed by atoms with van der Waals surface area (Å²) in [7, 11) is 0. The molecule has 1 unspecified atom stereocenters. The van der Waals surface area contributed by atoms with Crippen molar-refractivity contribution in [2.75, 3.05) is 26.2 Å². The number of rotatable bonds is 2. The molecule has 1 aliphatic heterocycles. The van der Waals surface area contributed by atoms with Gasteiger partial charge in [0.15, 0.2) is 0 Å². The highest BCUT2D eigenvalue weighted by molar-refractivity contribution is 9.09. The van der Waals surface area contributed by atoms with Crippen molar-refractivity contribution in [3.8, 4) is 0 Å². The molecule has 2 rings (SSSR count). The van der Waals surface area contributed by atoms with Crippen LogP contribution in [-0.4, -0.2) is 53.6 Å². The van der Waals surface area contributed by atoms with Crippen LogP contribution in [0.1, 0.15) is 31.2 Å². The van der Waals surface area contributed by atoms with Gasteiger partial charge in [0.1, 0.15) is 10.4 Å². The predicted molar refractivity (Wildman–Crippen MR) is 92.5 cm³/mol. The lowest BCUT2D eigenvalue weighted by molar-refractivity contribution is -0.132. The highest BCUT2D eigenvalue weighted by Crippen LogP contribution is 2.25. The second kappa shape index (κ2) is 7.34. The number of alkyl halides is 1. The number of piperazine rings is 1. The molecule has 6 heteroatoms. The summed E-state index contributed by atoms with van der Waals surface area (Å²) < 4.78 is 5.36. The van der Waals surface area contributed by atoms with E-state index in [0.717, 1.165) is 5.56 Å². The van der Waals surface area contributed by atoms with E-state index < -0.39 is 5.60 Å². The van der Waals surface area contributed by atoms with Crippen LogP contribution in [0.4, 0.5) is 4.79 Å². The molecule has 0 spiro atoms. The molecule has 0 aliphatic carbocycles. The Labute approximate surface area is 145 Å². The Bertz CT molecular complexity index is 549. The topological polar surface area (TPSA) is 49.9 Å². The van der Waals surface area contributed by atoms with Crippen molar-refractivity contribution in [1.29, 1.82) is 0 Å². The van der Waals surface area contributed by atoms with E-state index in [1.165, 1.54) is 0 Å². The van der Waals surface area contributed by atoms with Crippen LogP contribution in [0.3, 0.4) is 0 Å². The first kappa shape index (κ1) is 17.8. The van der Waals surface area contributed by atoms with E-state index in [2.05, 4.69) is 15.9 Å². The van der Waals surface area contributed by atoms with E-state index in [0.29, 0.717) is 26.2 Å². The zero-order valence-corrected chi connectivity index (χ0v) is 15.4. The highest BCUT2D eigenvalue weighted by atomic mass is 79.9. The lowest BCUT2D eigenvalue weighted by Crippen LogP contribution is -2.52. The molecule has 0 N–H and O–H groups in total. The standard InChI is InChI=1S/C17H23BrN2O3/c1-17(2,3)23-16(22)20-11-9-19(10-12-20)15(21)14(18)13-7-5-4-6-8-13/h4-8,14H,9-12H2,1-3H3. The largest absolute Gasteiger partial charge is 0.444 e. The van der Waals surface area contributed by atoms with Gasteiger partial charge in [0.2, 0.25) is 5.91 Å². The average Bonchev–Trinajstić information content (AvgIpc) is 2.53. The van der Waals surface area contributed by atoms with Crippen molar-refractivity contribution in [3.05, 3.63) is 35.9 Å². The molecule has 0 saturated carbocycles. The molecule has 2 amide bonds. The van der Waals surface area contributed by atoms with E-state index in [9.17, 15) is 9.59 Å². The molecule has 1 aromatic rings. The molecule has 1 heterocycles. The van der Waals surface area contributed by atoms with E-state index in [1.807, 2.05) is 51.1 Å². The van der Waals surface area contributed by atoms with Crippen molar-refractivity contribution in [2.45, 2.75) is 31.2 Å². The summed E-state index contributed by atoms with van der Waals surface area (Å²) in [5.74, 6) is 0.0278. The fourth-order valence-electron chi connectivity index (χ4n) is 2.36. The van der Waals surface area contributed by atoms with Gasteiger partial charge < -0.3 is 14.5 Å². The zero-order valence-electron chi connectivity index (χ0n) is 13.8. The van der Waals surface area contributed by atoms with Gasteiger partial charge in [-0.05, 0) is 26.3 Å². The van der Waals surface area contributed by atoms with Crippen LogP contribution in [0.25, 0.3) is 0 Å². The molecule has 0 aromatic heterocycles. The van der Waals surface area contributed by atoms with E-state index >= 15 is 0 Å². The maximum Gasteiger partial charge on any atom is 0.410 e. The van der Waals surface area contributed by atoms with Crippen LogP contribution in [0.5, 0.6) is 0 Å². The molecule has 1 fully saturated rings. The fourth-order valence-corrected chi connectivity index (χ4v) is 2.96. The number of nitrogens with zero attached hydrogens (tertiary/aromatic N) is 2. The van der Waals surface area contributed by atoms with Gasteiger partial charge in [-0.3, -0.25) is 4.79 Å². The minimum absolute atomic E-state index is 0.0278. The summed E-state index contributed by atoms with van der Waals surface area (Å²) in [5, 5.41) is 0. The lowest BCUT2D eigenvalue weighted by Gasteiger charge is -2.36. The van der Waals surface area contributed by atoms with Gasteiger partial charge in [0, 0.05) is 26.2 Å². The van der Waals surface area contributed by atoms with Crippen LogP contribution < -0.4 is 0 Å². The van der Waals surface area contributed by atoms with Crippen LogP contribution in [0, 0.1) is 0 Å². The summed E-state index contributed by atoms with van der Waals surface area (Å²) in [6.07, 6.45) is -0.317. The number of ether oxygens (including phenoxy) is 1. The third kappa shape index (κ3) is 4.96. The highest BCUT2D eigenvalue weighted by Gasteiger charge is 2.30. The molecular weight excluding hydrogens is 360 g/mol. The summed E-state index contributed by atoms with van der Waals surface area (Å²) >= 11 is 3.47. The van der Waals surface area contributed by atoms with Crippen molar-refractivity contribution >= 4 is 27.9 Å². The smallest absolute Gasteiger partial charge is 0.410 e. The number of carbonyl (C=O) groups excluding carboxylic acids is 2. The molecule has 5 nitrogen and oxygen atoms in total. The van der Waals surface area contributed by atoms with Crippen LogP contribution in [0.2, 0.25) is 0 Å². The van der Waals surface area contributed by atoms with Gasteiger partial charge in [0.05, 0.1) is 0 Å². The maximum atomic E-state index is 12.5. The zero-order chi connectivity index (χ0) is 17.0. The minimum atomic E-state index is -0.502. The Hall–Kier alpha value is -1.56. The van der Waals surface area contributed by atoms with Crippen LogP contribution in [0.15, 0.2) is 30.3 Å². The Morgan fingerprint density at radius 2 is 1.57 bits per heavy atom. The summed E-state index contributed by atoms with van der Waals surface area (Å²) in [6.45, 7) is 7.57.